The van der Waals surface area contributed by atoms with Gasteiger partial charge < -0.3 is 20.1 Å². The maximum atomic E-state index is 13.6. The highest BCUT2D eigenvalue weighted by molar-refractivity contribution is 5.67. The highest BCUT2D eigenvalue weighted by Gasteiger charge is 2.24. The predicted octanol–water partition coefficient (Wildman–Crippen LogP) is 2.21. The highest BCUT2D eigenvalue weighted by atomic mass is 19.1. The Kier molecular flexibility index (Phi) is 6.29. The topological polar surface area (TPSA) is 61.8 Å². The molecule has 1 aliphatic heterocycles. The van der Waals surface area contributed by atoms with E-state index >= 15 is 0 Å². The molecule has 1 amide bonds. The molecule has 2 rings (SSSR count). The number of likely N-dealkylation sites (tertiary alicyclic amines) is 1. The molecule has 0 bridgehead atoms. The number of nitrogens with one attached hydrogen (secondary N) is 1. The van der Waals surface area contributed by atoms with Gasteiger partial charge in [-0.3, -0.25) is 0 Å². The van der Waals surface area contributed by atoms with Gasteiger partial charge in [-0.1, -0.05) is 6.07 Å². The lowest BCUT2D eigenvalue weighted by atomic mass is 10.0. The van der Waals surface area contributed by atoms with Crippen molar-refractivity contribution < 1.29 is 23.4 Å². The Balaban J connectivity index is 1.80. The van der Waals surface area contributed by atoms with Gasteiger partial charge >= 0.3 is 6.09 Å². The summed E-state index contributed by atoms with van der Waals surface area (Å²) in [6.07, 6.45) is -0.171. The van der Waals surface area contributed by atoms with Crippen molar-refractivity contribution in [3.05, 3.63) is 35.4 Å². The van der Waals surface area contributed by atoms with Gasteiger partial charge in [0, 0.05) is 25.7 Å². The first-order valence-electron chi connectivity index (χ1n) is 7.80. The number of piperidine rings is 1. The van der Waals surface area contributed by atoms with E-state index in [1.165, 1.54) is 6.07 Å². The monoisotopic (exact) mass is 328 g/mol. The average molecular weight is 328 g/mol. The largest absolute Gasteiger partial charge is 0.450 e. The molecular weight excluding hydrogens is 306 g/mol. The van der Waals surface area contributed by atoms with Crippen molar-refractivity contribution in [3.8, 4) is 0 Å². The molecule has 1 aromatic carbocycles. The molecular formula is C16H22F2N2O3. The minimum absolute atomic E-state index is 0.0575. The highest BCUT2D eigenvalue weighted by Crippen LogP contribution is 2.20. The molecule has 5 nitrogen and oxygen atoms in total. The quantitative estimate of drug-likeness (QED) is 0.870. The Morgan fingerprint density at radius 2 is 2.00 bits per heavy atom. The zero-order valence-electron chi connectivity index (χ0n) is 13.1. The number of aliphatic hydroxyl groups excluding tert-OH is 1. The maximum Gasteiger partial charge on any atom is 0.409 e. The number of benzene rings is 1. The number of amides is 1. The van der Waals surface area contributed by atoms with E-state index in [-0.39, 0.29) is 24.2 Å². The standard InChI is InChI=1S/C16H22F2N2O3/c1-2-23-16(22)20-8-6-11(7-9-20)19-10-14(21)15-12(17)4-3-5-13(15)18/h3-5,11,14,19,21H,2,6-10H2,1H3. The number of aliphatic hydroxyl groups is 1. The lowest BCUT2D eigenvalue weighted by Gasteiger charge is -2.32. The van der Waals surface area contributed by atoms with Gasteiger partial charge in [-0.05, 0) is 31.9 Å². The number of carbonyl (C=O) groups is 1. The van der Waals surface area contributed by atoms with Crippen LogP contribution in [0.2, 0.25) is 0 Å². The van der Waals surface area contributed by atoms with Gasteiger partial charge in [0.15, 0.2) is 0 Å². The second kappa shape index (κ2) is 8.21. The predicted molar refractivity (Wildman–Crippen MR) is 80.9 cm³/mol. The summed E-state index contributed by atoms with van der Waals surface area (Å²) in [5.41, 5.74) is -0.316. The molecule has 0 saturated carbocycles. The second-order valence-electron chi connectivity index (χ2n) is 5.52. The molecule has 0 spiro atoms. The van der Waals surface area contributed by atoms with Crippen LogP contribution >= 0.6 is 0 Å². The molecule has 2 N–H and O–H groups in total. The van der Waals surface area contributed by atoms with E-state index in [9.17, 15) is 18.7 Å². The third kappa shape index (κ3) is 4.62. The number of ether oxygens (including phenoxy) is 1. The lowest BCUT2D eigenvalue weighted by Crippen LogP contribution is -2.46. The molecule has 23 heavy (non-hydrogen) atoms. The molecule has 1 heterocycles. The maximum absolute atomic E-state index is 13.6. The summed E-state index contributed by atoms with van der Waals surface area (Å²) < 4.78 is 32.1. The summed E-state index contributed by atoms with van der Waals surface area (Å²) in [6.45, 7) is 3.27. The summed E-state index contributed by atoms with van der Waals surface area (Å²) in [5, 5.41) is 13.1. The minimum Gasteiger partial charge on any atom is -0.450 e. The molecule has 1 atom stereocenters. The van der Waals surface area contributed by atoms with Crippen molar-refractivity contribution in [1.82, 2.24) is 10.2 Å². The van der Waals surface area contributed by atoms with Crippen molar-refractivity contribution in [2.45, 2.75) is 31.9 Å². The molecule has 1 unspecified atom stereocenters. The SMILES string of the molecule is CCOC(=O)N1CCC(NCC(O)c2c(F)cccc2F)CC1. The lowest BCUT2D eigenvalue weighted by molar-refractivity contribution is 0.0924. The van der Waals surface area contributed by atoms with Gasteiger partial charge in [-0.15, -0.1) is 0 Å². The first kappa shape index (κ1) is 17.6. The van der Waals surface area contributed by atoms with E-state index in [1.807, 2.05) is 0 Å². The van der Waals surface area contributed by atoms with Crippen LogP contribution in [0, 0.1) is 11.6 Å². The summed E-state index contributed by atoms with van der Waals surface area (Å²) in [7, 11) is 0. The Morgan fingerprint density at radius 3 is 2.57 bits per heavy atom. The number of carbonyl (C=O) groups excluding carboxylic acids is 1. The van der Waals surface area contributed by atoms with Crippen molar-refractivity contribution >= 4 is 6.09 Å². The van der Waals surface area contributed by atoms with Crippen LogP contribution in [0.25, 0.3) is 0 Å². The molecule has 7 heteroatoms. The first-order chi connectivity index (χ1) is 11.0. The Morgan fingerprint density at radius 1 is 1.39 bits per heavy atom. The second-order valence-corrected chi connectivity index (χ2v) is 5.52. The number of hydrogen-bond donors (Lipinski definition) is 2. The van der Waals surface area contributed by atoms with Crippen molar-refractivity contribution in [3.63, 3.8) is 0 Å². The average Bonchev–Trinajstić information content (AvgIpc) is 2.53. The van der Waals surface area contributed by atoms with Gasteiger partial charge in [0.05, 0.1) is 18.3 Å². The van der Waals surface area contributed by atoms with E-state index in [4.69, 9.17) is 4.74 Å². The zero-order valence-corrected chi connectivity index (χ0v) is 13.1. The number of hydrogen-bond acceptors (Lipinski definition) is 4. The van der Waals surface area contributed by atoms with Crippen LogP contribution in [0.1, 0.15) is 31.4 Å². The van der Waals surface area contributed by atoms with Gasteiger partial charge in [0.25, 0.3) is 0 Å². The fourth-order valence-electron chi connectivity index (χ4n) is 2.69. The summed E-state index contributed by atoms with van der Waals surface area (Å²) in [4.78, 5) is 13.2. The van der Waals surface area contributed by atoms with Crippen LogP contribution in [0.3, 0.4) is 0 Å². The van der Waals surface area contributed by atoms with E-state index in [2.05, 4.69) is 5.32 Å². The Labute approximate surface area is 134 Å². The van der Waals surface area contributed by atoms with Crippen LogP contribution in [-0.4, -0.2) is 48.4 Å². The van der Waals surface area contributed by atoms with Gasteiger partial charge in [-0.2, -0.15) is 0 Å². The number of nitrogens with zero attached hydrogens (tertiary/aromatic N) is 1. The van der Waals surface area contributed by atoms with Crippen molar-refractivity contribution in [2.75, 3.05) is 26.2 Å². The van der Waals surface area contributed by atoms with Crippen LogP contribution in [0.15, 0.2) is 18.2 Å². The smallest absolute Gasteiger partial charge is 0.409 e. The summed E-state index contributed by atoms with van der Waals surface area (Å²) >= 11 is 0. The van der Waals surface area contributed by atoms with Crippen LogP contribution in [0.5, 0.6) is 0 Å². The molecule has 1 fully saturated rings. The van der Waals surface area contributed by atoms with Gasteiger partial charge in [0.2, 0.25) is 0 Å². The van der Waals surface area contributed by atoms with Crippen LogP contribution in [-0.2, 0) is 4.74 Å². The fraction of sp³-hybridized carbons (Fsp3) is 0.562. The first-order valence-corrected chi connectivity index (χ1v) is 7.80. The van der Waals surface area contributed by atoms with E-state index < -0.39 is 17.7 Å². The van der Waals surface area contributed by atoms with Crippen LogP contribution in [0.4, 0.5) is 13.6 Å². The third-order valence-electron chi connectivity index (χ3n) is 3.95. The fourth-order valence-corrected chi connectivity index (χ4v) is 2.69. The Bertz CT molecular complexity index is 514. The Hall–Kier alpha value is -1.73. The van der Waals surface area contributed by atoms with Crippen LogP contribution < -0.4 is 5.32 Å². The summed E-state index contributed by atoms with van der Waals surface area (Å²) in [6, 6.07) is 3.60. The molecule has 1 aromatic rings. The van der Waals surface area contributed by atoms with Gasteiger partial charge in [0.1, 0.15) is 11.6 Å². The zero-order chi connectivity index (χ0) is 16.8. The summed E-state index contributed by atoms with van der Waals surface area (Å²) in [5.74, 6) is -1.51. The van der Waals surface area contributed by atoms with Crippen molar-refractivity contribution in [2.24, 2.45) is 0 Å². The molecule has 0 aliphatic carbocycles. The van der Waals surface area contributed by atoms with Crippen molar-refractivity contribution in [1.29, 1.82) is 0 Å². The van der Waals surface area contributed by atoms with Gasteiger partial charge in [-0.25, -0.2) is 13.6 Å². The molecule has 0 aromatic heterocycles. The third-order valence-corrected chi connectivity index (χ3v) is 3.95. The molecule has 128 valence electrons. The van der Waals surface area contributed by atoms with E-state index in [0.717, 1.165) is 12.1 Å². The molecule has 1 aliphatic rings. The number of halogens is 2. The minimum atomic E-state index is -1.25. The van der Waals surface area contributed by atoms with E-state index in [0.29, 0.717) is 32.5 Å². The molecule has 0 radical (unpaired) electrons. The molecule has 1 saturated heterocycles. The number of rotatable bonds is 5. The normalized spacial score (nSPS) is 17.1. The van der Waals surface area contributed by atoms with E-state index in [1.54, 1.807) is 11.8 Å².